The van der Waals surface area contributed by atoms with E-state index in [1.54, 1.807) is 4.90 Å². The van der Waals surface area contributed by atoms with Gasteiger partial charge in [0.25, 0.3) is 5.91 Å². The normalized spacial score (nSPS) is 13.3. The Labute approximate surface area is 135 Å². The molecule has 120 valence electrons. The maximum Gasteiger partial charge on any atom is 0.254 e. The lowest BCUT2D eigenvalue weighted by Gasteiger charge is -2.14. The molecule has 0 atom stereocenters. The Bertz CT molecular complexity index is 743. The van der Waals surface area contributed by atoms with Crippen molar-refractivity contribution in [3.05, 3.63) is 53.1 Å². The van der Waals surface area contributed by atoms with Gasteiger partial charge in [-0.15, -0.1) is 0 Å². The zero-order chi connectivity index (χ0) is 16.4. The molecule has 0 bridgehead atoms. The summed E-state index contributed by atoms with van der Waals surface area (Å²) in [6, 6.07) is 11.5. The van der Waals surface area contributed by atoms with Gasteiger partial charge in [0, 0.05) is 42.3 Å². The smallest absolute Gasteiger partial charge is 0.254 e. The highest BCUT2D eigenvalue weighted by Gasteiger charge is 2.26. The standard InChI is InChI=1S/C18H21N3O2/c1-12-3-4-14(19)10-17(12)20-15-5-6-16-13(9-15)11-21(18(16)23)7-2-8-22/h3-6,9-10,20,22H,2,7-8,11,19H2,1H3. The molecule has 2 aromatic carbocycles. The van der Waals surface area contributed by atoms with Crippen LogP contribution in [0.2, 0.25) is 0 Å². The average molecular weight is 311 g/mol. The quantitative estimate of drug-likeness (QED) is 0.742. The summed E-state index contributed by atoms with van der Waals surface area (Å²) in [5.41, 5.74) is 11.3. The molecule has 4 N–H and O–H groups in total. The molecular weight excluding hydrogens is 290 g/mol. The van der Waals surface area contributed by atoms with Crippen LogP contribution in [-0.4, -0.2) is 29.1 Å². The van der Waals surface area contributed by atoms with Crippen molar-refractivity contribution >= 4 is 23.0 Å². The van der Waals surface area contributed by atoms with Crippen LogP contribution in [-0.2, 0) is 6.54 Å². The molecule has 1 heterocycles. The molecule has 1 amide bonds. The first-order valence-electron chi connectivity index (χ1n) is 7.74. The van der Waals surface area contributed by atoms with E-state index in [0.29, 0.717) is 25.2 Å². The Hall–Kier alpha value is -2.53. The van der Waals surface area contributed by atoms with Crippen LogP contribution in [0.3, 0.4) is 0 Å². The first-order chi connectivity index (χ1) is 11.1. The predicted molar refractivity (Wildman–Crippen MR) is 91.8 cm³/mol. The SMILES string of the molecule is Cc1ccc(N)cc1Nc1ccc2c(c1)CN(CCCO)C2=O. The van der Waals surface area contributed by atoms with Gasteiger partial charge in [0.1, 0.15) is 0 Å². The average Bonchev–Trinajstić information content (AvgIpc) is 2.84. The second-order valence-electron chi connectivity index (χ2n) is 5.88. The number of nitrogens with zero attached hydrogens (tertiary/aromatic N) is 1. The van der Waals surface area contributed by atoms with Gasteiger partial charge >= 0.3 is 0 Å². The van der Waals surface area contributed by atoms with Gasteiger partial charge in [-0.25, -0.2) is 0 Å². The van der Waals surface area contributed by atoms with Crippen molar-refractivity contribution in [2.45, 2.75) is 19.9 Å². The van der Waals surface area contributed by atoms with Crippen LogP contribution in [0.15, 0.2) is 36.4 Å². The van der Waals surface area contributed by atoms with Crippen LogP contribution >= 0.6 is 0 Å². The molecule has 0 aromatic heterocycles. The number of anilines is 3. The largest absolute Gasteiger partial charge is 0.399 e. The fraction of sp³-hybridized carbons (Fsp3) is 0.278. The van der Waals surface area contributed by atoms with Gasteiger partial charge in [-0.05, 0) is 54.8 Å². The summed E-state index contributed by atoms with van der Waals surface area (Å²) >= 11 is 0. The first kappa shape index (κ1) is 15.4. The molecule has 1 aliphatic rings. The highest BCUT2D eigenvalue weighted by Crippen LogP contribution is 2.29. The number of hydrogen-bond acceptors (Lipinski definition) is 4. The van der Waals surface area contributed by atoms with Crippen LogP contribution in [0.1, 0.15) is 27.9 Å². The number of nitrogens with one attached hydrogen (secondary N) is 1. The number of rotatable bonds is 5. The lowest BCUT2D eigenvalue weighted by molar-refractivity contribution is 0.0768. The number of hydrogen-bond donors (Lipinski definition) is 3. The van der Waals surface area contributed by atoms with Gasteiger partial charge in [-0.3, -0.25) is 4.79 Å². The molecule has 1 aliphatic heterocycles. The molecule has 0 unspecified atom stereocenters. The van der Waals surface area contributed by atoms with Crippen LogP contribution in [0.25, 0.3) is 0 Å². The zero-order valence-electron chi connectivity index (χ0n) is 13.2. The fourth-order valence-corrected chi connectivity index (χ4v) is 2.83. The van der Waals surface area contributed by atoms with Crippen LogP contribution < -0.4 is 11.1 Å². The summed E-state index contributed by atoms with van der Waals surface area (Å²) in [5.74, 6) is 0.0418. The molecule has 2 aromatic rings. The molecule has 0 saturated heterocycles. The highest BCUT2D eigenvalue weighted by atomic mass is 16.3. The first-order valence-corrected chi connectivity index (χ1v) is 7.74. The van der Waals surface area contributed by atoms with Crippen molar-refractivity contribution in [3.63, 3.8) is 0 Å². The number of aliphatic hydroxyl groups excluding tert-OH is 1. The Kier molecular flexibility index (Phi) is 4.21. The molecule has 5 heteroatoms. The van der Waals surface area contributed by atoms with Crippen molar-refractivity contribution in [2.75, 3.05) is 24.2 Å². The maximum atomic E-state index is 12.3. The van der Waals surface area contributed by atoms with Crippen LogP contribution in [0, 0.1) is 6.92 Å². The van der Waals surface area contributed by atoms with Gasteiger partial charge in [0.15, 0.2) is 0 Å². The van der Waals surface area contributed by atoms with Crippen molar-refractivity contribution in [1.82, 2.24) is 4.90 Å². The van der Waals surface area contributed by atoms with E-state index < -0.39 is 0 Å². The number of amides is 1. The number of benzene rings is 2. The molecule has 23 heavy (non-hydrogen) atoms. The monoisotopic (exact) mass is 311 g/mol. The lowest BCUT2D eigenvalue weighted by atomic mass is 10.1. The van der Waals surface area contributed by atoms with Crippen molar-refractivity contribution in [1.29, 1.82) is 0 Å². The molecule has 5 nitrogen and oxygen atoms in total. The number of aliphatic hydroxyl groups is 1. The van der Waals surface area contributed by atoms with Gasteiger partial charge in [-0.1, -0.05) is 6.07 Å². The molecule has 0 radical (unpaired) electrons. The van der Waals surface area contributed by atoms with Crippen molar-refractivity contribution < 1.29 is 9.90 Å². The summed E-state index contributed by atoms with van der Waals surface area (Å²) in [7, 11) is 0. The van der Waals surface area contributed by atoms with E-state index in [2.05, 4.69) is 5.32 Å². The maximum absolute atomic E-state index is 12.3. The molecule has 0 fully saturated rings. The summed E-state index contributed by atoms with van der Waals surface area (Å²) in [5, 5.41) is 12.3. The minimum absolute atomic E-state index is 0.0418. The molecule has 0 saturated carbocycles. The second kappa shape index (κ2) is 6.30. The van der Waals surface area contributed by atoms with Gasteiger partial charge in [-0.2, -0.15) is 0 Å². The summed E-state index contributed by atoms with van der Waals surface area (Å²) in [6.07, 6.45) is 0.604. The molecule has 0 spiro atoms. The molecular formula is C18H21N3O2. The van der Waals surface area contributed by atoms with Gasteiger partial charge in [0.2, 0.25) is 0 Å². The highest BCUT2D eigenvalue weighted by molar-refractivity contribution is 5.98. The van der Waals surface area contributed by atoms with E-state index in [4.69, 9.17) is 10.8 Å². The fourth-order valence-electron chi connectivity index (χ4n) is 2.83. The van der Waals surface area contributed by atoms with Crippen molar-refractivity contribution in [2.24, 2.45) is 0 Å². The second-order valence-corrected chi connectivity index (χ2v) is 5.88. The zero-order valence-corrected chi connectivity index (χ0v) is 13.2. The summed E-state index contributed by atoms with van der Waals surface area (Å²) in [4.78, 5) is 14.1. The third kappa shape index (κ3) is 3.14. The summed E-state index contributed by atoms with van der Waals surface area (Å²) < 4.78 is 0. The lowest BCUT2D eigenvalue weighted by Crippen LogP contribution is -2.25. The predicted octanol–water partition coefficient (Wildman–Crippen LogP) is 2.66. The third-order valence-corrected chi connectivity index (χ3v) is 4.11. The van der Waals surface area contributed by atoms with Crippen LogP contribution in [0.4, 0.5) is 17.1 Å². The molecule has 0 aliphatic carbocycles. The van der Waals surface area contributed by atoms with E-state index in [1.165, 1.54) is 0 Å². The van der Waals surface area contributed by atoms with Gasteiger partial charge in [0.05, 0.1) is 0 Å². The van der Waals surface area contributed by atoms with E-state index >= 15 is 0 Å². The number of nitrogens with two attached hydrogens (primary N) is 1. The summed E-state index contributed by atoms with van der Waals surface area (Å²) in [6.45, 7) is 3.30. The Morgan fingerprint density at radius 2 is 2.09 bits per heavy atom. The Balaban J connectivity index is 1.80. The van der Waals surface area contributed by atoms with Gasteiger partial charge < -0.3 is 21.1 Å². The Morgan fingerprint density at radius 3 is 2.87 bits per heavy atom. The van der Waals surface area contributed by atoms with Crippen molar-refractivity contribution in [3.8, 4) is 0 Å². The number of carbonyl (C=O) groups excluding carboxylic acids is 1. The minimum atomic E-state index is 0.0418. The topological polar surface area (TPSA) is 78.6 Å². The van der Waals surface area contributed by atoms with E-state index in [1.807, 2.05) is 43.3 Å². The van der Waals surface area contributed by atoms with Crippen LogP contribution in [0.5, 0.6) is 0 Å². The number of carbonyl (C=O) groups is 1. The molecule has 3 rings (SSSR count). The minimum Gasteiger partial charge on any atom is -0.399 e. The van der Waals surface area contributed by atoms with E-state index in [0.717, 1.165) is 28.1 Å². The third-order valence-electron chi connectivity index (χ3n) is 4.11. The Morgan fingerprint density at radius 1 is 1.26 bits per heavy atom. The number of fused-ring (bicyclic) bond motifs is 1. The van der Waals surface area contributed by atoms with E-state index in [9.17, 15) is 4.79 Å². The van der Waals surface area contributed by atoms with E-state index in [-0.39, 0.29) is 12.5 Å². The number of aryl methyl sites for hydroxylation is 1. The number of nitrogen functional groups attached to an aromatic ring is 1.